The molecule has 154 valence electrons. The van der Waals surface area contributed by atoms with Gasteiger partial charge in [-0.05, 0) is 29.8 Å². The Bertz CT molecular complexity index is 1720. The number of para-hydroxylation sites is 3. The van der Waals surface area contributed by atoms with Crippen LogP contribution in [0.15, 0.2) is 83.7 Å². The van der Waals surface area contributed by atoms with Crippen molar-refractivity contribution in [2.45, 2.75) is 6.61 Å². The molecule has 0 aliphatic rings. The summed E-state index contributed by atoms with van der Waals surface area (Å²) in [5.41, 5.74) is 3.93. The van der Waals surface area contributed by atoms with Gasteiger partial charge >= 0.3 is 5.97 Å². The number of esters is 1. The predicted octanol–water partition coefficient (Wildman–Crippen LogP) is 4.23. The van der Waals surface area contributed by atoms with E-state index in [0.717, 1.165) is 5.56 Å². The largest absolute Gasteiger partial charge is 0.457 e. The van der Waals surface area contributed by atoms with Crippen molar-refractivity contribution in [3.05, 3.63) is 100 Å². The van der Waals surface area contributed by atoms with E-state index in [1.807, 2.05) is 66.7 Å². The van der Waals surface area contributed by atoms with Gasteiger partial charge in [0.2, 0.25) is 0 Å². The first kappa shape index (κ1) is 18.3. The zero-order valence-corrected chi connectivity index (χ0v) is 16.8. The average Bonchev–Trinajstić information content (AvgIpc) is 3.15. The Morgan fingerprint density at radius 1 is 0.875 bits per heavy atom. The van der Waals surface area contributed by atoms with E-state index in [4.69, 9.17) is 14.7 Å². The van der Waals surface area contributed by atoms with Crippen molar-refractivity contribution < 1.29 is 9.53 Å². The lowest BCUT2D eigenvalue weighted by molar-refractivity contribution is 0.0477. The molecule has 0 bridgehead atoms. The van der Waals surface area contributed by atoms with Crippen molar-refractivity contribution in [1.82, 2.24) is 19.4 Å². The standard InChI is InChI=1S/C25H16N4O3/c30-24-16-10-4-7-13-19(16)29-22(28-24)20(25(31)32-14-15-8-2-1-3-9-15)21-23(29)27-18-12-6-5-11-17(18)26-21/h1-13H,14H2,(H,28,30). The molecule has 0 unspecified atom stereocenters. The molecule has 7 nitrogen and oxygen atoms in total. The molecular formula is C25H16N4O3. The van der Waals surface area contributed by atoms with E-state index in [9.17, 15) is 9.59 Å². The predicted molar refractivity (Wildman–Crippen MR) is 122 cm³/mol. The molecule has 6 rings (SSSR count). The van der Waals surface area contributed by atoms with Crippen LogP contribution in [0, 0.1) is 0 Å². The molecule has 3 heterocycles. The molecular weight excluding hydrogens is 404 g/mol. The molecule has 0 saturated carbocycles. The van der Waals surface area contributed by atoms with E-state index in [1.165, 1.54) is 0 Å². The molecule has 0 fully saturated rings. The van der Waals surface area contributed by atoms with Gasteiger partial charge in [0.1, 0.15) is 23.3 Å². The second kappa shape index (κ2) is 7.02. The first-order valence-corrected chi connectivity index (χ1v) is 10.1. The number of aromatic amines is 1. The van der Waals surface area contributed by atoms with Crippen molar-refractivity contribution >= 4 is 44.7 Å². The van der Waals surface area contributed by atoms with Crippen LogP contribution in [0.25, 0.3) is 38.7 Å². The van der Waals surface area contributed by atoms with Gasteiger partial charge in [-0.15, -0.1) is 0 Å². The fourth-order valence-electron chi connectivity index (χ4n) is 4.02. The smallest absolute Gasteiger partial charge is 0.344 e. The van der Waals surface area contributed by atoms with Crippen molar-refractivity contribution in [1.29, 1.82) is 0 Å². The number of ether oxygens (including phenoxy) is 1. The van der Waals surface area contributed by atoms with Gasteiger partial charge < -0.3 is 9.72 Å². The third-order valence-corrected chi connectivity index (χ3v) is 5.50. The lowest BCUT2D eigenvalue weighted by Gasteiger charge is -2.05. The van der Waals surface area contributed by atoms with E-state index in [0.29, 0.717) is 38.7 Å². The minimum absolute atomic E-state index is 0.108. The van der Waals surface area contributed by atoms with Crippen LogP contribution >= 0.6 is 0 Å². The number of rotatable bonds is 3. The summed E-state index contributed by atoms with van der Waals surface area (Å²) in [6.07, 6.45) is 0. The second-order valence-corrected chi connectivity index (χ2v) is 7.48. The minimum Gasteiger partial charge on any atom is -0.457 e. The number of hydrogen-bond acceptors (Lipinski definition) is 5. The molecule has 3 aromatic heterocycles. The molecule has 7 heteroatoms. The van der Waals surface area contributed by atoms with Crippen molar-refractivity contribution in [2.24, 2.45) is 0 Å². The summed E-state index contributed by atoms with van der Waals surface area (Å²) in [5.74, 6) is -0.572. The summed E-state index contributed by atoms with van der Waals surface area (Å²) in [5, 5.41) is 0.496. The Kier molecular flexibility index (Phi) is 4.01. The number of benzene rings is 3. The van der Waals surface area contributed by atoms with Crippen LogP contribution in [0.4, 0.5) is 0 Å². The van der Waals surface area contributed by atoms with Crippen LogP contribution in [0.2, 0.25) is 0 Å². The molecule has 0 saturated heterocycles. The van der Waals surface area contributed by atoms with E-state index < -0.39 is 5.97 Å². The fraction of sp³-hybridized carbons (Fsp3) is 0.0400. The molecule has 1 N–H and O–H groups in total. The van der Waals surface area contributed by atoms with Crippen LogP contribution in [0.5, 0.6) is 0 Å². The van der Waals surface area contributed by atoms with Gasteiger partial charge in [-0.1, -0.05) is 54.6 Å². The molecule has 6 aromatic rings. The van der Waals surface area contributed by atoms with Gasteiger partial charge in [-0.3, -0.25) is 9.20 Å². The molecule has 0 aliphatic heterocycles. The second-order valence-electron chi connectivity index (χ2n) is 7.48. The number of carbonyl (C=O) groups is 1. The molecule has 0 radical (unpaired) electrons. The Morgan fingerprint density at radius 2 is 1.56 bits per heavy atom. The Hall–Kier alpha value is -4.52. The third-order valence-electron chi connectivity index (χ3n) is 5.50. The van der Waals surface area contributed by atoms with Crippen LogP contribution in [-0.4, -0.2) is 25.3 Å². The Labute approximate surface area is 180 Å². The maximum Gasteiger partial charge on any atom is 0.344 e. The number of aromatic nitrogens is 4. The number of fused-ring (bicyclic) bond motifs is 6. The molecule has 3 aromatic carbocycles. The Balaban J connectivity index is 1.66. The summed E-state index contributed by atoms with van der Waals surface area (Å²) in [6.45, 7) is 0.108. The molecule has 32 heavy (non-hydrogen) atoms. The van der Waals surface area contributed by atoms with Gasteiger partial charge in [0.25, 0.3) is 5.56 Å². The van der Waals surface area contributed by atoms with Crippen LogP contribution in [-0.2, 0) is 11.3 Å². The zero-order valence-electron chi connectivity index (χ0n) is 16.8. The van der Waals surface area contributed by atoms with Crippen LogP contribution < -0.4 is 5.56 Å². The van der Waals surface area contributed by atoms with Gasteiger partial charge in [-0.2, -0.15) is 0 Å². The summed E-state index contributed by atoms with van der Waals surface area (Å²) in [4.78, 5) is 38.4. The lowest BCUT2D eigenvalue weighted by Crippen LogP contribution is -2.12. The third kappa shape index (κ3) is 2.75. The van der Waals surface area contributed by atoms with Crippen LogP contribution in [0.1, 0.15) is 15.9 Å². The number of hydrogen-bond donors (Lipinski definition) is 1. The van der Waals surface area contributed by atoms with Crippen molar-refractivity contribution in [3.8, 4) is 0 Å². The first-order valence-electron chi connectivity index (χ1n) is 10.1. The molecule has 0 aliphatic carbocycles. The van der Waals surface area contributed by atoms with Gasteiger partial charge in [0.05, 0.1) is 21.9 Å². The maximum absolute atomic E-state index is 13.3. The number of nitrogens with one attached hydrogen (secondary N) is 1. The van der Waals surface area contributed by atoms with Gasteiger partial charge in [0, 0.05) is 0 Å². The summed E-state index contributed by atoms with van der Waals surface area (Å²) < 4.78 is 7.38. The fourth-order valence-corrected chi connectivity index (χ4v) is 4.02. The van der Waals surface area contributed by atoms with E-state index in [2.05, 4.69) is 4.98 Å². The number of H-pyrrole nitrogens is 1. The monoisotopic (exact) mass is 420 g/mol. The highest BCUT2D eigenvalue weighted by molar-refractivity contribution is 6.11. The van der Waals surface area contributed by atoms with Gasteiger partial charge in [-0.25, -0.2) is 14.8 Å². The molecule has 0 spiro atoms. The Morgan fingerprint density at radius 3 is 2.38 bits per heavy atom. The summed E-state index contributed by atoms with van der Waals surface area (Å²) in [7, 11) is 0. The highest BCUT2D eigenvalue weighted by atomic mass is 16.5. The molecule has 0 atom stereocenters. The SMILES string of the molecule is O=C(OCc1ccccc1)c1c2nc3ccccc3nc2n2c1[nH]c(=O)c1ccccc12. The quantitative estimate of drug-likeness (QED) is 0.433. The average molecular weight is 420 g/mol. The topological polar surface area (TPSA) is 89.3 Å². The molecule has 0 amide bonds. The maximum atomic E-state index is 13.3. The van der Waals surface area contributed by atoms with E-state index in [-0.39, 0.29) is 17.7 Å². The minimum atomic E-state index is -0.572. The number of carbonyl (C=O) groups excluding carboxylic acids is 1. The van der Waals surface area contributed by atoms with E-state index in [1.54, 1.807) is 16.5 Å². The van der Waals surface area contributed by atoms with Crippen molar-refractivity contribution in [3.63, 3.8) is 0 Å². The van der Waals surface area contributed by atoms with E-state index >= 15 is 0 Å². The van der Waals surface area contributed by atoms with Gasteiger partial charge in [0.15, 0.2) is 5.65 Å². The highest BCUT2D eigenvalue weighted by Gasteiger charge is 2.25. The number of nitrogens with zero attached hydrogens (tertiary/aromatic N) is 3. The zero-order chi connectivity index (χ0) is 21.7. The van der Waals surface area contributed by atoms with Crippen molar-refractivity contribution in [2.75, 3.05) is 0 Å². The first-order chi connectivity index (χ1) is 15.7. The van der Waals surface area contributed by atoms with Crippen LogP contribution in [0.3, 0.4) is 0 Å². The lowest BCUT2D eigenvalue weighted by atomic mass is 10.2. The summed E-state index contributed by atoms with van der Waals surface area (Å²) in [6, 6.07) is 24.1. The normalized spacial score (nSPS) is 11.5. The highest BCUT2D eigenvalue weighted by Crippen LogP contribution is 2.28. The summed E-state index contributed by atoms with van der Waals surface area (Å²) >= 11 is 0.